The van der Waals surface area contributed by atoms with Gasteiger partial charge in [-0.15, -0.1) is 0 Å². The van der Waals surface area contributed by atoms with Crippen LogP contribution in [0.4, 0.5) is 4.79 Å². The third-order valence-electron chi connectivity index (χ3n) is 3.22. The van der Waals surface area contributed by atoms with E-state index in [-0.39, 0.29) is 11.9 Å². The van der Waals surface area contributed by atoms with Gasteiger partial charge in [0.05, 0.1) is 0 Å². The molecule has 2 fully saturated rings. The summed E-state index contributed by atoms with van der Waals surface area (Å²) >= 11 is 0. The van der Waals surface area contributed by atoms with Crippen LogP contribution in [0.25, 0.3) is 0 Å². The van der Waals surface area contributed by atoms with Crippen LogP contribution in [0.3, 0.4) is 0 Å². The van der Waals surface area contributed by atoms with Crippen LogP contribution in [-0.2, 0) is 4.79 Å². The zero-order valence-electron chi connectivity index (χ0n) is 9.51. The minimum Gasteiger partial charge on any atom is -0.323 e. The van der Waals surface area contributed by atoms with Gasteiger partial charge in [-0.05, 0) is 19.8 Å². The lowest BCUT2D eigenvalue weighted by molar-refractivity contribution is -0.125. The smallest absolute Gasteiger partial charge is 0.322 e. The van der Waals surface area contributed by atoms with Gasteiger partial charge in [0.15, 0.2) is 0 Å². The van der Waals surface area contributed by atoms with Gasteiger partial charge in [-0.2, -0.15) is 0 Å². The van der Waals surface area contributed by atoms with E-state index in [1.54, 1.807) is 0 Å². The van der Waals surface area contributed by atoms with Gasteiger partial charge in [0.2, 0.25) is 0 Å². The molecular weight excluding hydrogens is 206 g/mol. The monoisotopic (exact) mass is 223 g/mol. The van der Waals surface area contributed by atoms with Gasteiger partial charge in [0, 0.05) is 19.6 Å². The molecule has 16 heavy (non-hydrogen) atoms. The van der Waals surface area contributed by atoms with Gasteiger partial charge in [-0.1, -0.05) is 12.2 Å². The summed E-state index contributed by atoms with van der Waals surface area (Å²) in [4.78, 5) is 25.0. The molecule has 3 amide bonds. The lowest BCUT2D eigenvalue weighted by Crippen LogP contribution is -2.54. The quantitative estimate of drug-likeness (QED) is 0.520. The number of carbonyl (C=O) groups excluding carboxylic acids is 2. The molecule has 0 radical (unpaired) electrons. The number of carbonyl (C=O) groups is 2. The van der Waals surface area contributed by atoms with E-state index < -0.39 is 5.54 Å². The summed E-state index contributed by atoms with van der Waals surface area (Å²) in [6, 6.07) is -0.363. The Labute approximate surface area is 94.9 Å². The number of hydrogen-bond acceptors (Lipinski definition) is 3. The van der Waals surface area contributed by atoms with Crippen LogP contribution in [0.15, 0.2) is 12.2 Å². The molecule has 2 heterocycles. The van der Waals surface area contributed by atoms with E-state index in [4.69, 9.17) is 0 Å². The summed E-state index contributed by atoms with van der Waals surface area (Å²) < 4.78 is 0. The fourth-order valence-electron chi connectivity index (χ4n) is 2.35. The summed E-state index contributed by atoms with van der Waals surface area (Å²) in [6.45, 7) is 8.38. The molecule has 2 rings (SSSR count). The largest absolute Gasteiger partial charge is 0.323 e. The summed E-state index contributed by atoms with van der Waals surface area (Å²) in [6.07, 6.45) is 1.36. The minimum absolute atomic E-state index is 0.174. The molecule has 0 aliphatic carbocycles. The molecule has 5 nitrogen and oxygen atoms in total. The molecule has 0 aromatic heterocycles. The van der Waals surface area contributed by atoms with Crippen molar-refractivity contribution in [3.8, 4) is 0 Å². The second-order valence-corrected chi connectivity index (χ2v) is 4.72. The Morgan fingerprint density at radius 2 is 2.06 bits per heavy atom. The second-order valence-electron chi connectivity index (χ2n) is 4.72. The van der Waals surface area contributed by atoms with E-state index in [1.807, 2.05) is 6.92 Å². The van der Waals surface area contributed by atoms with Crippen molar-refractivity contribution in [3.63, 3.8) is 0 Å². The molecule has 0 aromatic carbocycles. The van der Waals surface area contributed by atoms with Gasteiger partial charge in [-0.25, -0.2) is 4.79 Å². The van der Waals surface area contributed by atoms with Crippen LogP contribution >= 0.6 is 0 Å². The summed E-state index contributed by atoms with van der Waals surface area (Å²) in [5.74, 6) is -0.174. The van der Waals surface area contributed by atoms with E-state index >= 15 is 0 Å². The first-order chi connectivity index (χ1) is 7.52. The van der Waals surface area contributed by atoms with Gasteiger partial charge in [-0.3, -0.25) is 15.0 Å². The van der Waals surface area contributed by atoms with Crippen molar-refractivity contribution in [1.29, 1.82) is 0 Å². The zero-order valence-corrected chi connectivity index (χ0v) is 9.51. The maximum atomic E-state index is 11.7. The summed E-state index contributed by atoms with van der Waals surface area (Å²) in [7, 11) is 0. The van der Waals surface area contributed by atoms with Crippen LogP contribution in [0.5, 0.6) is 0 Å². The molecule has 0 unspecified atom stereocenters. The lowest BCUT2D eigenvalue weighted by Gasteiger charge is -2.36. The van der Waals surface area contributed by atoms with Crippen molar-refractivity contribution < 1.29 is 9.59 Å². The highest BCUT2D eigenvalue weighted by Gasteiger charge is 2.47. The van der Waals surface area contributed by atoms with Crippen LogP contribution in [0.1, 0.15) is 19.8 Å². The number of nitrogens with one attached hydrogen (secondary N) is 2. The molecule has 2 N–H and O–H groups in total. The lowest BCUT2D eigenvalue weighted by atomic mass is 9.87. The molecule has 0 atom stereocenters. The average Bonchev–Trinajstić information content (AvgIpc) is 2.45. The zero-order chi connectivity index (χ0) is 11.8. The van der Waals surface area contributed by atoms with Gasteiger partial charge < -0.3 is 5.32 Å². The van der Waals surface area contributed by atoms with Gasteiger partial charge in [0.25, 0.3) is 5.91 Å². The van der Waals surface area contributed by atoms with Gasteiger partial charge in [0.1, 0.15) is 5.54 Å². The molecule has 2 saturated heterocycles. The number of piperidine rings is 1. The number of amides is 3. The topological polar surface area (TPSA) is 61.4 Å². The maximum absolute atomic E-state index is 11.7. The third-order valence-corrected chi connectivity index (χ3v) is 3.22. The Kier molecular flexibility index (Phi) is 2.71. The van der Waals surface area contributed by atoms with Crippen LogP contribution < -0.4 is 10.6 Å². The number of imide groups is 1. The highest BCUT2D eigenvalue weighted by atomic mass is 16.2. The predicted octanol–water partition coefficient (Wildman–Crippen LogP) is 0.237. The minimum atomic E-state index is -0.650. The number of nitrogens with zero attached hydrogens (tertiary/aromatic N) is 1. The van der Waals surface area contributed by atoms with Crippen molar-refractivity contribution in [2.75, 3.05) is 19.6 Å². The van der Waals surface area contributed by atoms with Crippen molar-refractivity contribution in [2.45, 2.75) is 25.3 Å². The Morgan fingerprint density at radius 3 is 2.50 bits per heavy atom. The van der Waals surface area contributed by atoms with Crippen LogP contribution in [0.2, 0.25) is 0 Å². The number of rotatable bonds is 2. The SMILES string of the molecule is C=C(C)CN1CCC2(CC1)NC(=O)NC2=O. The Balaban J connectivity index is 1.96. The molecule has 0 bridgehead atoms. The van der Waals surface area contributed by atoms with Crippen LogP contribution in [0, 0.1) is 0 Å². The van der Waals surface area contributed by atoms with Crippen molar-refractivity contribution in [2.24, 2.45) is 0 Å². The van der Waals surface area contributed by atoms with E-state index in [2.05, 4.69) is 22.1 Å². The Hall–Kier alpha value is -1.36. The third kappa shape index (κ3) is 1.95. The first kappa shape index (κ1) is 11.1. The number of urea groups is 1. The second kappa shape index (κ2) is 3.90. The summed E-state index contributed by atoms with van der Waals surface area (Å²) in [5, 5.41) is 5.05. The van der Waals surface area contributed by atoms with Crippen LogP contribution in [-0.4, -0.2) is 42.0 Å². The molecule has 1 spiro atoms. The average molecular weight is 223 g/mol. The van der Waals surface area contributed by atoms with E-state index in [9.17, 15) is 9.59 Å². The molecule has 88 valence electrons. The predicted molar refractivity (Wildman–Crippen MR) is 59.9 cm³/mol. The highest BCUT2D eigenvalue weighted by Crippen LogP contribution is 2.25. The molecule has 0 saturated carbocycles. The van der Waals surface area contributed by atoms with Crippen molar-refractivity contribution in [1.82, 2.24) is 15.5 Å². The van der Waals surface area contributed by atoms with E-state index in [0.29, 0.717) is 12.8 Å². The molecular formula is C11H17N3O2. The van der Waals surface area contributed by atoms with Crippen molar-refractivity contribution in [3.05, 3.63) is 12.2 Å². The normalized spacial score (nSPS) is 24.3. The standard InChI is InChI=1S/C11H17N3O2/c1-8(2)7-14-5-3-11(4-6-14)9(15)12-10(16)13-11/h1,3-7H2,2H3,(H2,12,13,15,16). The molecule has 2 aliphatic heterocycles. The Bertz CT molecular complexity index is 343. The van der Waals surface area contributed by atoms with E-state index in [1.165, 1.54) is 0 Å². The van der Waals surface area contributed by atoms with E-state index in [0.717, 1.165) is 25.2 Å². The molecule has 2 aliphatic rings. The Morgan fingerprint density at radius 1 is 1.44 bits per heavy atom. The highest BCUT2D eigenvalue weighted by molar-refractivity contribution is 6.07. The fraction of sp³-hybridized carbons (Fsp3) is 0.636. The first-order valence-corrected chi connectivity index (χ1v) is 5.52. The van der Waals surface area contributed by atoms with Crippen molar-refractivity contribution >= 4 is 11.9 Å². The summed E-state index contributed by atoms with van der Waals surface area (Å²) in [5.41, 5.74) is 0.471. The fourth-order valence-corrected chi connectivity index (χ4v) is 2.35. The molecule has 5 heteroatoms. The number of hydrogen-bond donors (Lipinski definition) is 2. The first-order valence-electron chi connectivity index (χ1n) is 5.52. The maximum Gasteiger partial charge on any atom is 0.322 e. The molecule has 0 aromatic rings. The van der Waals surface area contributed by atoms with Gasteiger partial charge >= 0.3 is 6.03 Å². The number of likely N-dealkylation sites (tertiary alicyclic amines) is 1.